The number of phenolic OH excluding ortho intramolecular Hbond substituents is 1. The van der Waals surface area contributed by atoms with Crippen molar-refractivity contribution in [3.63, 3.8) is 0 Å². The van der Waals surface area contributed by atoms with Gasteiger partial charge in [-0.25, -0.2) is 4.79 Å². The molecule has 2 aromatic carbocycles. The predicted molar refractivity (Wildman–Crippen MR) is 134 cm³/mol. The van der Waals surface area contributed by atoms with Gasteiger partial charge in [0.25, 0.3) is 0 Å². The molecule has 1 unspecified atom stereocenters. The second kappa shape index (κ2) is 11.5. The zero-order valence-electron chi connectivity index (χ0n) is 20.2. The van der Waals surface area contributed by atoms with E-state index in [1.54, 1.807) is 19.1 Å². The molecule has 0 bridgehead atoms. The molecule has 0 heterocycles. The van der Waals surface area contributed by atoms with E-state index in [9.17, 15) is 14.7 Å². The average Bonchev–Trinajstić information content (AvgIpc) is 2.71. The normalized spacial score (nSPS) is 13.2. The molecule has 0 saturated heterocycles. The Morgan fingerprint density at radius 2 is 1.70 bits per heavy atom. The first-order valence-corrected chi connectivity index (χ1v) is 12.0. The standard InChI is InChI=1S/C26H34BrNO5/c1-7-18(15-24(30)32-8-2)20-13-22(16-23(29)14-20)28(25(31)33-26(4,5)6)17(3)19-9-11-21(27)12-10-19/h9-14,16-18,29H,7-8,15H2,1-6H3/t17-,18?/m0/s1. The van der Waals surface area contributed by atoms with Gasteiger partial charge in [0, 0.05) is 10.5 Å². The number of nitrogens with zero attached hydrogens (tertiary/aromatic N) is 1. The van der Waals surface area contributed by atoms with Crippen LogP contribution in [0.15, 0.2) is 46.9 Å². The Kier molecular flexibility index (Phi) is 9.35. The Bertz CT molecular complexity index is 952. The maximum absolute atomic E-state index is 13.3. The number of hydrogen-bond acceptors (Lipinski definition) is 5. The fraction of sp³-hybridized carbons (Fsp3) is 0.462. The van der Waals surface area contributed by atoms with Gasteiger partial charge in [-0.05, 0) is 82.3 Å². The molecule has 0 aliphatic heterocycles. The minimum atomic E-state index is -0.690. The van der Waals surface area contributed by atoms with Gasteiger partial charge in [-0.2, -0.15) is 0 Å². The Morgan fingerprint density at radius 1 is 1.06 bits per heavy atom. The molecule has 0 aliphatic rings. The van der Waals surface area contributed by atoms with Crippen molar-refractivity contribution in [1.29, 1.82) is 0 Å². The summed E-state index contributed by atoms with van der Waals surface area (Å²) >= 11 is 3.44. The number of anilines is 1. The van der Waals surface area contributed by atoms with Crippen molar-refractivity contribution in [3.8, 4) is 5.75 Å². The van der Waals surface area contributed by atoms with Crippen LogP contribution in [0.1, 0.15) is 77.5 Å². The maximum atomic E-state index is 13.3. The zero-order chi connectivity index (χ0) is 24.8. The number of benzene rings is 2. The highest BCUT2D eigenvalue weighted by Crippen LogP contribution is 2.36. The third-order valence-corrected chi connectivity index (χ3v) is 5.74. The summed E-state index contributed by atoms with van der Waals surface area (Å²) in [5, 5.41) is 10.5. The third kappa shape index (κ3) is 7.77. The van der Waals surface area contributed by atoms with E-state index >= 15 is 0 Å². The number of esters is 1. The van der Waals surface area contributed by atoms with Crippen molar-refractivity contribution in [2.24, 2.45) is 0 Å². The first kappa shape index (κ1) is 26.7. The molecule has 2 aromatic rings. The zero-order valence-corrected chi connectivity index (χ0v) is 21.8. The number of carbonyl (C=O) groups is 2. The van der Waals surface area contributed by atoms with Gasteiger partial charge in [0.1, 0.15) is 11.4 Å². The molecule has 0 fully saturated rings. The molecule has 0 radical (unpaired) electrons. The number of rotatable bonds is 8. The van der Waals surface area contributed by atoms with Crippen molar-refractivity contribution >= 4 is 33.7 Å². The Labute approximate surface area is 205 Å². The van der Waals surface area contributed by atoms with Crippen LogP contribution in [-0.4, -0.2) is 29.4 Å². The Morgan fingerprint density at radius 3 is 2.24 bits per heavy atom. The molecule has 0 aliphatic carbocycles. The molecule has 1 amide bonds. The van der Waals surface area contributed by atoms with Crippen molar-refractivity contribution in [1.82, 2.24) is 0 Å². The van der Waals surface area contributed by atoms with Gasteiger partial charge in [0.15, 0.2) is 0 Å². The summed E-state index contributed by atoms with van der Waals surface area (Å²) in [4.78, 5) is 26.9. The van der Waals surface area contributed by atoms with Crippen LogP contribution in [0.2, 0.25) is 0 Å². The van der Waals surface area contributed by atoms with E-state index in [-0.39, 0.29) is 30.1 Å². The molecule has 180 valence electrons. The number of halogens is 1. The van der Waals surface area contributed by atoms with Gasteiger partial charge >= 0.3 is 12.1 Å². The summed E-state index contributed by atoms with van der Waals surface area (Å²) < 4.78 is 11.8. The van der Waals surface area contributed by atoms with E-state index in [1.165, 1.54) is 4.90 Å². The summed E-state index contributed by atoms with van der Waals surface area (Å²) in [6.07, 6.45) is 0.353. The SMILES string of the molecule is CCOC(=O)CC(CC)c1cc(O)cc(N(C(=O)OC(C)(C)C)[C@@H](C)c2ccc(Br)cc2)c1. The van der Waals surface area contributed by atoms with E-state index in [2.05, 4.69) is 15.9 Å². The molecule has 2 rings (SSSR count). The van der Waals surface area contributed by atoms with Gasteiger partial charge in [-0.15, -0.1) is 0 Å². The Balaban J connectivity index is 2.52. The fourth-order valence-electron chi connectivity index (χ4n) is 3.60. The largest absolute Gasteiger partial charge is 0.508 e. The molecule has 2 atom stereocenters. The van der Waals surface area contributed by atoms with Crippen LogP contribution in [0.4, 0.5) is 10.5 Å². The highest BCUT2D eigenvalue weighted by Gasteiger charge is 2.29. The van der Waals surface area contributed by atoms with Crippen LogP contribution >= 0.6 is 15.9 Å². The minimum absolute atomic E-state index is 0.0152. The van der Waals surface area contributed by atoms with Gasteiger partial charge < -0.3 is 14.6 Å². The van der Waals surface area contributed by atoms with Gasteiger partial charge in [0.05, 0.1) is 24.8 Å². The summed E-state index contributed by atoms with van der Waals surface area (Å²) in [6, 6.07) is 12.4. The van der Waals surface area contributed by atoms with Crippen LogP contribution < -0.4 is 4.90 Å². The van der Waals surface area contributed by atoms with E-state index in [0.717, 1.165) is 15.6 Å². The maximum Gasteiger partial charge on any atom is 0.415 e. The van der Waals surface area contributed by atoms with E-state index in [4.69, 9.17) is 9.47 Å². The van der Waals surface area contributed by atoms with Gasteiger partial charge in [-0.1, -0.05) is 35.0 Å². The lowest BCUT2D eigenvalue weighted by Crippen LogP contribution is -2.38. The number of amides is 1. The molecule has 6 nitrogen and oxygen atoms in total. The number of phenols is 1. The van der Waals surface area contributed by atoms with E-state index in [1.807, 2.05) is 65.0 Å². The molecule has 7 heteroatoms. The number of hydrogen-bond donors (Lipinski definition) is 1. The summed E-state index contributed by atoms with van der Waals surface area (Å²) in [5.74, 6) is -0.429. The molecule has 33 heavy (non-hydrogen) atoms. The molecule has 1 N–H and O–H groups in total. The minimum Gasteiger partial charge on any atom is -0.508 e. The molecule has 0 saturated carbocycles. The van der Waals surface area contributed by atoms with Gasteiger partial charge in [-0.3, -0.25) is 9.69 Å². The first-order valence-electron chi connectivity index (χ1n) is 11.2. The quantitative estimate of drug-likeness (QED) is 0.376. The van der Waals surface area contributed by atoms with Crippen molar-refractivity contribution in [3.05, 3.63) is 58.1 Å². The number of carbonyl (C=O) groups excluding carboxylic acids is 2. The van der Waals surface area contributed by atoms with Gasteiger partial charge in [0.2, 0.25) is 0 Å². The summed E-state index contributed by atoms with van der Waals surface area (Å²) in [5.41, 5.74) is 1.48. The van der Waals surface area contributed by atoms with Crippen LogP contribution in [0.3, 0.4) is 0 Å². The average molecular weight is 520 g/mol. The molecule has 0 aromatic heterocycles. The second-order valence-electron chi connectivity index (χ2n) is 8.97. The lowest BCUT2D eigenvalue weighted by Gasteiger charge is -2.32. The number of aromatic hydroxyl groups is 1. The van der Waals surface area contributed by atoms with Crippen molar-refractivity contribution in [2.75, 3.05) is 11.5 Å². The number of ether oxygens (including phenoxy) is 2. The summed E-state index contributed by atoms with van der Waals surface area (Å²) in [7, 11) is 0. The topological polar surface area (TPSA) is 76.1 Å². The van der Waals surface area contributed by atoms with E-state index < -0.39 is 11.7 Å². The van der Waals surface area contributed by atoms with Crippen LogP contribution in [-0.2, 0) is 14.3 Å². The van der Waals surface area contributed by atoms with Crippen LogP contribution in [0, 0.1) is 0 Å². The monoisotopic (exact) mass is 519 g/mol. The van der Waals surface area contributed by atoms with Crippen molar-refractivity contribution in [2.45, 2.75) is 71.9 Å². The van der Waals surface area contributed by atoms with Crippen LogP contribution in [0.5, 0.6) is 5.75 Å². The van der Waals surface area contributed by atoms with Crippen molar-refractivity contribution < 1.29 is 24.2 Å². The highest BCUT2D eigenvalue weighted by molar-refractivity contribution is 9.10. The van der Waals surface area contributed by atoms with E-state index in [0.29, 0.717) is 18.7 Å². The summed E-state index contributed by atoms with van der Waals surface area (Å²) in [6.45, 7) is 11.4. The smallest absolute Gasteiger partial charge is 0.415 e. The highest BCUT2D eigenvalue weighted by atomic mass is 79.9. The first-order chi connectivity index (χ1) is 15.4. The lowest BCUT2D eigenvalue weighted by molar-refractivity contribution is -0.143. The fourth-order valence-corrected chi connectivity index (χ4v) is 3.86. The lowest BCUT2D eigenvalue weighted by atomic mass is 9.92. The molecular formula is C26H34BrNO5. The molecule has 0 spiro atoms. The Hall–Kier alpha value is -2.54. The predicted octanol–water partition coefficient (Wildman–Crippen LogP) is 7.10. The molecular weight excluding hydrogens is 486 g/mol. The second-order valence-corrected chi connectivity index (χ2v) is 9.89. The van der Waals surface area contributed by atoms with Crippen LogP contribution in [0.25, 0.3) is 0 Å². The third-order valence-electron chi connectivity index (χ3n) is 5.22.